The molecule has 0 radical (unpaired) electrons. The van der Waals surface area contributed by atoms with Crippen LogP contribution in [0.3, 0.4) is 0 Å². The molecule has 172 valence electrons. The number of carbonyl (C=O) groups excluding carboxylic acids is 2. The molecule has 0 saturated heterocycles. The van der Waals surface area contributed by atoms with Gasteiger partial charge in [0.05, 0.1) is 12.2 Å². The number of hydrogen-bond donors (Lipinski definition) is 3. The first-order valence-electron chi connectivity index (χ1n) is 10.8. The smallest absolute Gasteiger partial charge is 0.261 e. The van der Waals surface area contributed by atoms with E-state index in [1.54, 1.807) is 49.6 Å². The van der Waals surface area contributed by atoms with Gasteiger partial charge in [0, 0.05) is 31.5 Å². The predicted octanol–water partition coefficient (Wildman–Crippen LogP) is 4.15. The summed E-state index contributed by atoms with van der Waals surface area (Å²) >= 11 is 5.29. The quantitative estimate of drug-likeness (QED) is 0.328. The summed E-state index contributed by atoms with van der Waals surface area (Å²) in [5, 5.41) is 8.59. The second-order valence-corrected chi connectivity index (χ2v) is 7.55. The molecular weight excluding hydrogens is 426 g/mol. The van der Waals surface area contributed by atoms with Gasteiger partial charge in [0.25, 0.3) is 11.8 Å². The number of thiocarbonyl (C=S) groups is 1. The molecule has 32 heavy (non-hydrogen) atoms. The Hall–Kier alpha value is -2.97. The molecule has 0 aromatic heterocycles. The summed E-state index contributed by atoms with van der Waals surface area (Å²) in [6, 6.07) is 14.0. The third-order valence-corrected chi connectivity index (χ3v) is 4.76. The molecule has 0 aliphatic carbocycles. The lowest BCUT2D eigenvalue weighted by Crippen LogP contribution is -2.34. The maximum atomic E-state index is 12.7. The zero-order chi connectivity index (χ0) is 23.2. The minimum absolute atomic E-state index is 0.133. The van der Waals surface area contributed by atoms with Gasteiger partial charge in [-0.2, -0.15) is 0 Å². The largest absolute Gasteiger partial charge is 0.493 e. The fourth-order valence-corrected chi connectivity index (χ4v) is 3.12. The molecule has 3 N–H and O–H groups in total. The normalized spacial score (nSPS) is 10.3. The minimum Gasteiger partial charge on any atom is -0.493 e. The highest BCUT2D eigenvalue weighted by Gasteiger charge is 2.14. The van der Waals surface area contributed by atoms with Crippen LogP contribution in [0.25, 0.3) is 0 Å². The van der Waals surface area contributed by atoms with Gasteiger partial charge in [-0.3, -0.25) is 14.9 Å². The van der Waals surface area contributed by atoms with Crippen LogP contribution in [-0.4, -0.2) is 43.8 Å². The maximum Gasteiger partial charge on any atom is 0.261 e. The van der Waals surface area contributed by atoms with Crippen molar-refractivity contribution in [3.63, 3.8) is 0 Å². The molecule has 2 amide bonds. The van der Waals surface area contributed by atoms with Gasteiger partial charge < -0.3 is 20.1 Å². The van der Waals surface area contributed by atoms with E-state index in [1.807, 2.05) is 6.07 Å². The molecule has 0 unspecified atom stereocenters. The lowest BCUT2D eigenvalue weighted by atomic mass is 10.2. The molecule has 0 fully saturated rings. The number of methoxy groups -OCH3 is 1. The van der Waals surface area contributed by atoms with E-state index in [2.05, 4.69) is 22.9 Å². The van der Waals surface area contributed by atoms with E-state index in [0.717, 1.165) is 25.7 Å². The van der Waals surface area contributed by atoms with Gasteiger partial charge in [0.15, 0.2) is 5.11 Å². The number of unbranched alkanes of at least 4 members (excludes halogenated alkanes) is 2. The van der Waals surface area contributed by atoms with Gasteiger partial charge in [-0.1, -0.05) is 38.0 Å². The zero-order valence-corrected chi connectivity index (χ0v) is 19.4. The van der Waals surface area contributed by atoms with Crippen LogP contribution in [0, 0.1) is 0 Å². The van der Waals surface area contributed by atoms with E-state index in [0.29, 0.717) is 42.3 Å². The molecular formula is C24H31N3O4S. The van der Waals surface area contributed by atoms with Crippen LogP contribution >= 0.6 is 12.2 Å². The summed E-state index contributed by atoms with van der Waals surface area (Å²) in [4.78, 5) is 25.0. The molecule has 8 heteroatoms. The monoisotopic (exact) mass is 457 g/mol. The van der Waals surface area contributed by atoms with Crippen molar-refractivity contribution in [1.29, 1.82) is 0 Å². The van der Waals surface area contributed by atoms with Crippen LogP contribution in [0.1, 0.15) is 53.3 Å². The Bertz CT molecular complexity index is 904. The number of ether oxygens (including phenoxy) is 2. The molecule has 0 aliphatic rings. The van der Waals surface area contributed by atoms with E-state index < -0.39 is 0 Å². The van der Waals surface area contributed by atoms with Gasteiger partial charge in [-0.05, 0) is 55.4 Å². The van der Waals surface area contributed by atoms with Crippen LogP contribution in [-0.2, 0) is 4.74 Å². The Kier molecular flexibility index (Phi) is 11.2. The highest BCUT2D eigenvalue weighted by Crippen LogP contribution is 2.18. The van der Waals surface area contributed by atoms with Crippen molar-refractivity contribution in [1.82, 2.24) is 10.6 Å². The second kappa shape index (κ2) is 14.2. The topological polar surface area (TPSA) is 88.7 Å². The summed E-state index contributed by atoms with van der Waals surface area (Å²) in [6.07, 6.45) is 3.84. The molecule has 0 spiro atoms. The zero-order valence-electron chi connectivity index (χ0n) is 18.6. The first kappa shape index (κ1) is 25.3. The molecule has 2 aromatic carbocycles. The Balaban J connectivity index is 1.92. The van der Waals surface area contributed by atoms with E-state index in [9.17, 15) is 9.59 Å². The highest BCUT2D eigenvalue weighted by molar-refractivity contribution is 7.80. The second-order valence-electron chi connectivity index (χ2n) is 7.14. The molecule has 0 heterocycles. The lowest BCUT2D eigenvalue weighted by molar-refractivity contribution is 0.0946. The molecule has 0 bridgehead atoms. The molecule has 0 saturated carbocycles. The fraction of sp³-hybridized carbons (Fsp3) is 0.375. The third kappa shape index (κ3) is 8.64. The SMILES string of the molecule is CCCCCOc1ccccc1C(=O)NC(=S)Nc1cccc(C(=O)NCCCOC)c1. The van der Waals surface area contributed by atoms with Gasteiger partial charge in [-0.15, -0.1) is 0 Å². The van der Waals surface area contributed by atoms with Crippen LogP contribution in [0.4, 0.5) is 5.69 Å². The first-order chi connectivity index (χ1) is 15.5. The number of nitrogens with one attached hydrogen (secondary N) is 3. The fourth-order valence-electron chi connectivity index (χ4n) is 2.91. The van der Waals surface area contributed by atoms with Crippen molar-refractivity contribution in [3.8, 4) is 5.75 Å². The average molecular weight is 458 g/mol. The van der Waals surface area contributed by atoms with Gasteiger partial charge >= 0.3 is 0 Å². The standard InChI is InChI=1S/C24H31N3O4S/c1-3-4-7-16-31-21-13-6-5-12-20(21)23(29)27-24(32)26-19-11-8-10-18(17-19)22(28)25-14-9-15-30-2/h5-6,8,10-13,17H,3-4,7,9,14-16H2,1-2H3,(H,25,28)(H2,26,27,29,32). The van der Waals surface area contributed by atoms with Gasteiger partial charge in [0.1, 0.15) is 5.75 Å². The number of hydrogen-bond acceptors (Lipinski definition) is 5. The highest BCUT2D eigenvalue weighted by atomic mass is 32.1. The Labute approximate surface area is 194 Å². The maximum absolute atomic E-state index is 12.7. The van der Waals surface area contributed by atoms with E-state index in [4.69, 9.17) is 21.7 Å². The summed E-state index contributed by atoms with van der Waals surface area (Å²) in [5.74, 6) is -0.0227. The van der Waals surface area contributed by atoms with Crippen molar-refractivity contribution in [3.05, 3.63) is 59.7 Å². The summed E-state index contributed by atoms with van der Waals surface area (Å²) in [5.41, 5.74) is 1.51. The van der Waals surface area contributed by atoms with Crippen LogP contribution < -0.4 is 20.7 Å². The minimum atomic E-state index is -0.361. The molecule has 2 rings (SSSR count). The summed E-state index contributed by atoms with van der Waals surface area (Å²) in [7, 11) is 1.62. The van der Waals surface area contributed by atoms with Crippen molar-refractivity contribution in [2.75, 3.05) is 32.2 Å². The number of benzene rings is 2. The van der Waals surface area contributed by atoms with Gasteiger partial charge in [-0.25, -0.2) is 0 Å². The molecule has 0 aliphatic heterocycles. The van der Waals surface area contributed by atoms with E-state index in [1.165, 1.54) is 0 Å². The number of amides is 2. The number of para-hydroxylation sites is 1. The number of rotatable bonds is 12. The van der Waals surface area contributed by atoms with Crippen LogP contribution in [0.2, 0.25) is 0 Å². The lowest BCUT2D eigenvalue weighted by Gasteiger charge is -2.13. The van der Waals surface area contributed by atoms with Crippen molar-refractivity contribution >= 4 is 34.8 Å². The van der Waals surface area contributed by atoms with E-state index in [-0.39, 0.29) is 16.9 Å². The Morgan fingerprint density at radius 3 is 2.56 bits per heavy atom. The Morgan fingerprint density at radius 2 is 1.78 bits per heavy atom. The van der Waals surface area contributed by atoms with Crippen molar-refractivity contribution in [2.24, 2.45) is 0 Å². The predicted molar refractivity (Wildman–Crippen MR) is 130 cm³/mol. The van der Waals surface area contributed by atoms with Crippen LogP contribution in [0.15, 0.2) is 48.5 Å². The van der Waals surface area contributed by atoms with Crippen molar-refractivity contribution < 1.29 is 19.1 Å². The molecule has 2 aromatic rings. The van der Waals surface area contributed by atoms with Gasteiger partial charge in [0.2, 0.25) is 0 Å². The number of carbonyl (C=O) groups is 2. The third-order valence-electron chi connectivity index (χ3n) is 4.56. The Morgan fingerprint density at radius 1 is 0.969 bits per heavy atom. The first-order valence-corrected chi connectivity index (χ1v) is 11.2. The van der Waals surface area contributed by atoms with E-state index >= 15 is 0 Å². The molecule has 7 nitrogen and oxygen atoms in total. The molecule has 0 atom stereocenters. The summed E-state index contributed by atoms with van der Waals surface area (Å²) in [6.45, 7) is 3.79. The number of anilines is 1. The van der Waals surface area contributed by atoms with Crippen molar-refractivity contribution in [2.45, 2.75) is 32.6 Å². The van der Waals surface area contributed by atoms with Crippen LogP contribution in [0.5, 0.6) is 5.75 Å². The average Bonchev–Trinajstić information content (AvgIpc) is 2.79. The summed E-state index contributed by atoms with van der Waals surface area (Å²) < 4.78 is 10.7.